The molecule has 0 saturated carbocycles. The van der Waals surface area contributed by atoms with E-state index in [1.54, 1.807) is 36.0 Å². The molecule has 0 aliphatic rings. The summed E-state index contributed by atoms with van der Waals surface area (Å²) in [7, 11) is 0.866. The minimum absolute atomic E-state index is 0.0501. The second kappa shape index (κ2) is 24.6. The number of anilines is 4. The molecular weight excluding hydrogens is 1050 g/mol. The van der Waals surface area contributed by atoms with E-state index in [2.05, 4.69) is 74.9 Å². The van der Waals surface area contributed by atoms with E-state index in [1.165, 1.54) is 22.7 Å². The number of nitrogens with one attached hydrogen (secondary N) is 2. The third-order valence-corrected chi connectivity index (χ3v) is 15.1. The van der Waals surface area contributed by atoms with Gasteiger partial charge in [-0.15, -0.1) is 22.7 Å². The number of hydrogen-bond acceptors (Lipinski definition) is 14. The van der Waals surface area contributed by atoms with Crippen LogP contribution in [0.5, 0.6) is 0 Å². The molecule has 0 saturated heterocycles. The van der Waals surface area contributed by atoms with Crippen molar-refractivity contribution >= 4 is 79.1 Å². The van der Waals surface area contributed by atoms with Gasteiger partial charge in [0.25, 0.3) is 0 Å². The van der Waals surface area contributed by atoms with Crippen molar-refractivity contribution in [1.29, 1.82) is 0 Å². The average Bonchev–Trinajstić information content (AvgIpc) is 3.98. The lowest BCUT2D eigenvalue weighted by atomic mass is 10.1. The summed E-state index contributed by atoms with van der Waals surface area (Å²) in [5.74, 6) is -1.35. The molecule has 11 nitrogen and oxygen atoms in total. The number of ether oxygens (including phenoxy) is 2. The van der Waals surface area contributed by atoms with Gasteiger partial charge in [0.05, 0.1) is 47.5 Å². The summed E-state index contributed by atoms with van der Waals surface area (Å²) in [5, 5.41) is 6.63. The monoisotopic (exact) mass is 1100 g/mol. The van der Waals surface area contributed by atoms with E-state index in [4.69, 9.17) is 4.98 Å². The first-order chi connectivity index (χ1) is 35.7. The van der Waals surface area contributed by atoms with E-state index in [0.29, 0.717) is 62.5 Å². The third-order valence-electron chi connectivity index (χ3n) is 10.7. The van der Waals surface area contributed by atoms with E-state index in [-0.39, 0.29) is 22.8 Å². The van der Waals surface area contributed by atoms with Crippen molar-refractivity contribution in [2.75, 3.05) is 24.9 Å². The first kappa shape index (κ1) is 55.8. The van der Waals surface area contributed by atoms with Crippen LogP contribution in [-0.4, -0.2) is 50.3 Å². The van der Waals surface area contributed by atoms with Gasteiger partial charge in [0.15, 0.2) is 10.3 Å². The van der Waals surface area contributed by atoms with E-state index < -0.39 is 46.2 Å². The predicted octanol–water partition coefficient (Wildman–Crippen LogP) is 15.2. The highest BCUT2D eigenvalue weighted by atomic mass is 32.2. The Balaban J connectivity index is 0.000000219. The van der Waals surface area contributed by atoms with Gasteiger partial charge in [-0.2, -0.15) is 26.3 Å². The van der Waals surface area contributed by atoms with Crippen molar-refractivity contribution in [2.24, 2.45) is 11.8 Å². The molecule has 75 heavy (non-hydrogen) atoms. The molecule has 2 N–H and O–H groups in total. The molecule has 0 aliphatic heterocycles. The number of carbonyl (C=O) groups excluding carboxylic acids is 2. The smallest absolute Gasteiger partial charge is 0.417 e. The van der Waals surface area contributed by atoms with Crippen LogP contribution < -0.4 is 10.6 Å². The summed E-state index contributed by atoms with van der Waals surface area (Å²) in [5.41, 5.74) is 0.431. The number of methoxy groups -OCH3 is 2. The van der Waals surface area contributed by atoms with Crippen molar-refractivity contribution in [2.45, 2.75) is 72.5 Å². The molecule has 8 aromatic rings. The summed E-state index contributed by atoms with van der Waals surface area (Å²) in [4.78, 5) is 47.1. The normalized spacial score (nSPS) is 12.0. The molecule has 0 aliphatic carbocycles. The highest BCUT2D eigenvalue weighted by Crippen LogP contribution is 2.39. The molecule has 4 heterocycles. The number of alkyl halides is 6. The van der Waals surface area contributed by atoms with Gasteiger partial charge in [0.1, 0.15) is 22.8 Å². The minimum atomic E-state index is -4.66. The number of thiazole rings is 2. The largest absolute Gasteiger partial charge is 0.465 e. The van der Waals surface area contributed by atoms with Crippen LogP contribution >= 0.6 is 34.4 Å². The Kier molecular flexibility index (Phi) is 18.3. The fourth-order valence-corrected chi connectivity index (χ4v) is 11.5. The number of halogens is 6. The van der Waals surface area contributed by atoms with Gasteiger partial charge in [-0.3, -0.25) is 0 Å². The third kappa shape index (κ3) is 14.7. The number of nitrogens with zero attached hydrogens (tertiary/aromatic N) is 4. The Hall–Kier alpha value is -6.94. The van der Waals surface area contributed by atoms with Gasteiger partial charge in [-0.25, -0.2) is 33.7 Å². The van der Waals surface area contributed by atoms with Crippen molar-refractivity contribution in [1.82, 2.24) is 19.9 Å². The van der Waals surface area contributed by atoms with Gasteiger partial charge in [0.2, 0.25) is 0 Å². The second-order valence-corrected chi connectivity index (χ2v) is 22.1. The number of benzene rings is 4. The molecule has 4 aromatic carbocycles. The molecule has 1 unspecified atom stereocenters. The molecule has 390 valence electrons. The Bertz CT molecular complexity index is 3260. The van der Waals surface area contributed by atoms with E-state index in [9.17, 15) is 40.1 Å². The number of rotatable bonds is 16. The molecule has 0 fully saturated rings. The lowest BCUT2D eigenvalue weighted by molar-refractivity contribution is -0.138. The summed E-state index contributed by atoms with van der Waals surface area (Å²) in [6.45, 7) is 8.33. The van der Waals surface area contributed by atoms with Crippen LogP contribution in [0, 0.1) is 11.8 Å². The van der Waals surface area contributed by atoms with Crippen molar-refractivity contribution in [3.05, 3.63) is 166 Å². The van der Waals surface area contributed by atoms with Gasteiger partial charge in [0, 0.05) is 52.9 Å². The zero-order chi connectivity index (χ0) is 54.0. The lowest BCUT2D eigenvalue weighted by Crippen LogP contribution is -2.12. The second-order valence-electron chi connectivity index (χ2n) is 17.3. The zero-order valence-corrected chi connectivity index (χ0v) is 44.3. The highest BCUT2D eigenvalue weighted by molar-refractivity contribution is 7.99. The summed E-state index contributed by atoms with van der Waals surface area (Å²) in [6, 6.07) is 36.0. The van der Waals surface area contributed by atoms with Crippen LogP contribution in [0.25, 0.3) is 22.5 Å². The van der Waals surface area contributed by atoms with Gasteiger partial charge in [-0.05, 0) is 85.3 Å². The van der Waals surface area contributed by atoms with Crippen LogP contribution in [0.15, 0.2) is 153 Å². The maximum atomic E-state index is 13.2. The van der Waals surface area contributed by atoms with Crippen LogP contribution in [-0.2, 0) is 45.5 Å². The van der Waals surface area contributed by atoms with Gasteiger partial charge in [-0.1, -0.05) is 100 Å². The molecule has 0 bridgehead atoms. The standard InChI is InChI=1S/C27H24F3N3O3S2.C27H24F3N3O2S2/c1-16(2)13-22-23(17-9-11-20(12-10-17)38(35)19-7-5-4-6-8-19)32-26(37-22)33-24-21(25(34)36-3)14-18(15-31-24)27(28,29)30;1-16(2)13-22-23(17-9-11-20(12-10-17)36-19-7-5-4-6-8-19)32-26(37-22)33-24-21(25(34)35-3)14-18(15-31-24)27(28,29)30/h4-12,14-16H,13H2,1-3H3,(H,31,32,33);4-12,14-16H,13H2,1-3H3,(H,31,32,33). The van der Waals surface area contributed by atoms with Gasteiger partial charge < -0.3 is 20.1 Å². The fourth-order valence-electron chi connectivity index (χ4n) is 7.17. The zero-order valence-electron chi connectivity index (χ0n) is 41.0. The predicted molar refractivity (Wildman–Crippen MR) is 282 cm³/mol. The average molecular weight is 1100 g/mol. The molecule has 0 spiro atoms. The number of pyridine rings is 2. The van der Waals surface area contributed by atoms with Crippen molar-refractivity contribution < 1.29 is 49.6 Å². The van der Waals surface area contributed by atoms with Crippen LogP contribution in [0.1, 0.15) is 69.3 Å². The SMILES string of the molecule is COC(=O)c1cc(C(F)(F)F)cnc1Nc1nc(-c2ccc(S(=O)c3ccccc3)cc2)c(CC(C)C)s1.COC(=O)c1cc(C(F)(F)F)cnc1Nc1nc(-c2ccc(Sc3ccccc3)cc2)c(CC(C)C)s1. The Labute approximate surface area is 443 Å². The fraction of sp³-hybridized carbons (Fsp3) is 0.222. The van der Waals surface area contributed by atoms with E-state index in [0.717, 1.165) is 63.1 Å². The van der Waals surface area contributed by atoms with Crippen LogP contribution in [0.2, 0.25) is 0 Å². The number of esters is 2. The minimum Gasteiger partial charge on any atom is -0.465 e. The van der Waals surface area contributed by atoms with Crippen molar-refractivity contribution in [3.8, 4) is 22.5 Å². The first-order valence-electron chi connectivity index (χ1n) is 23.0. The Morgan fingerprint density at radius 3 is 1.37 bits per heavy atom. The summed E-state index contributed by atoms with van der Waals surface area (Å²) in [6.07, 6.45) is -6.50. The highest BCUT2D eigenvalue weighted by Gasteiger charge is 2.34. The van der Waals surface area contributed by atoms with E-state index >= 15 is 0 Å². The van der Waals surface area contributed by atoms with E-state index in [1.807, 2.05) is 72.8 Å². The van der Waals surface area contributed by atoms with Crippen molar-refractivity contribution in [3.63, 3.8) is 0 Å². The lowest BCUT2D eigenvalue weighted by Gasteiger charge is -2.11. The number of carbonyl (C=O) groups is 2. The Morgan fingerprint density at radius 1 is 0.587 bits per heavy atom. The molecule has 8 rings (SSSR count). The maximum absolute atomic E-state index is 13.2. The maximum Gasteiger partial charge on any atom is 0.417 e. The number of aromatic nitrogens is 4. The van der Waals surface area contributed by atoms with Gasteiger partial charge >= 0.3 is 24.3 Å². The first-order valence-corrected chi connectivity index (χ1v) is 26.6. The number of hydrogen-bond donors (Lipinski definition) is 2. The summed E-state index contributed by atoms with van der Waals surface area (Å²) < 4.78 is 101. The Morgan fingerprint density at radius 2 is 0.973 bits per heavy atom. The topological polar surface area (TPSA) is 145 Å². The molecule has 0 amide bonds. The molecular formula is C54H48F6N6O5S4. The molecule has 4 aromatic heterocycles. The summed E-state index contributed by atoms with van der Waals surface area (Å²) >= 11 is 4.37. The molecule has 21 heteroatoms. The quantitative estimate of drug-likeness (QED) is 0.0702. The molecule has 1 atom stereocenters. The van der Waals surface area contributed by atoms with Crippen LogP contribution in [0.3, 0.4) is 0 Å². The molecule has 0 radical (unpaired) electrons. The van der Waals surface area contributed by atoms with Crippen LogP contribution in [0.4, 0.5) is 48.2 Å².